The quantitative estimate of drug-likeness (QED) is 0.914. The summed E-state index contributed by atoms with van der Waals surface area (Å²) in [5, 5.41) is 0.678. The van der Waals surface area contributed by atoms with Gasteiger partial charge < -0.3 is 15.0 Å². The summed E-state index contributed by atoms with van der Waals surface area (Å²) in [6, 6.07) is 9.22. The molecular formula is C14H15ClN2O2. The maximum absolute atomic E-state index is 11.4. The van der Waals surface area contributed by atoms with E-state index in [1.807, 2.05) is 30.5 Å². The van der Waals surface area contributed by atoms with Crippen LogP contribution in [-0.4, -0.2) is 24.2 Å². The minimum atomic E-state index is -0.448. The van der Waals surface area contributed by atoms with Crippen molar-refractivity contribution < 1.29 is 9.53 Å². The molecule has 2 N–H and O–H groups in total. The molecule has 0 atom stereocenters. The molecule has 0 aliphatic rings. The highest BCUT2D eigenvalue weighted by Gasteiger charge is 2.11. The molecule has 0 fully saturated rings. The zero-order chi connectivity index (χ0) is 13.8. The average molecular weight is 279 g/mol. The third kappa shape index (κ3) is 3.16. The lowest BCUT2D eigenvalue weighted by atomic mass is 10.1. The molecule has 1 amide bonds. The maximum atomic E-state index is 11.4. The van der Waals surface area contributed by atoms with Crippen LogP contribution in [-0.2, 0) is 11.3 Å². The van der Waals surface area contributed by atoms with Crippen LogP contribution in [0.5, 0.6) is 0 Å². The van der Waals surface area contributed by atoms with Gasteiger partial charge in [-0.15, -0.1) is 0 Å². The Kier molecular flexibility index (Phi) is 4.24. The number of nitrogens with two attached hydrogens (primary N) is 1. The Morgan fingerprint density at radius 1 is 1.32 bits per heavy atom. The Bertz CT molecular complexity index is 576. The molecule has 1 heterocycles. The van der Waals surface area contributed by atoms with E-state index < -0.39 is 5.91 Å². The van der Waals surface area contributed by atoms with E-state index in [2.05, 4.69) is 0 Å². The molecule has 5 heteroatoms. The van der Waals surface area contributed by atoms with Gasteiger partial charge in [0.25, 0.3) is 5.91 Å². The van der Waals surface area contributed by atoms with E-state index in [0.717, 1.165) is 11.1 Å². The number of amides is 1. The Morgan fingerprint density at radius 2 is 2.00 bits per heavy atom. The number of nitrogens with zero attached hydrogens (tertiary/aromatic N) is 1. The van der Waals surface area contributed by atoms with Crippen LogP contribution in [0.25, 0.3) is 11.1 Å². The Balaban J connectivity index is 2.36. The van der Waals surface area contributed by atoms with Gasteiger partial charge in [0, 0.05) is 30.4 Å². The van der Waals surface area contributed by atoms with E-state index in [0.29, 0.717) is 23.9 Å². The van der Waals surface area contributed by atoms with Crippen LogP contribution in [0.2, 0.25) is 5.02 Å². The van der Waals surface area contributed by atoms with E-state index in [1.54, 1.807) is 17.7 Å². The number of benzene rings is 1. The van der Waals surface area contributed by atoms with Crippen LogP contribution in [0.3, 0.4) is 0 Å². The number of methoxy groups -OCH3 is 1. The summed E-state index contributed by atoms with van der Waals surface area (Å²) < 4.78 is 6.82. The van der Waals surface area contributed by atoms with Crippen molar-refractivity contribution in [2.45, 2.75) is 6.54 Å². The molecule has 100 valence electrons. The van der Waals surface area contributed by atoms with Crippen molar-refractivity contribution in [2.75, 3.05) is 13.7 Å². The van der Waals surface area contributed by atoms with Crippen molar-refractivity contribution in [2.24, 2.45) is 5.73 Å². The van der Waals surface area contributed by atoms with Crippen LogP contribution in [0.1, 0.15) is 10.5 Å². The fourth-order valence-electron chi connectivity index (χ4n) is 1.89. The van der Waals surface area contributed by atoms with Crippen molar-refractivity contribution in [3.05, 3.63) is 47.2 Å². The third-order valence-electron chi connectivity index (χ3n) is 2.86. The Hall–Kier alpha value is -1.78. The minimum absolute atomic E-state index is 0.448. The molecule has 0 bridgehead atoms. The smallest absolute Gasteiger partial charge is 0.265 e. The third-order valence-corrected chi connectivity index (χ3v) is 3.11. The van der Waals surface area contributed by atoms with E-state index in [1.165, 1.54) is 0 Å². The number of carbonyl (C=O) groups is 1. The first-order valence-corrected chi connectivity index (χ1v) is 6.24. The predicted molar refractivity (Wildman–Crippen MR) is 75.3 cm³/mol. The van der Waals surface area contributed by atoms with E-state index in [4.69, 9.17) is 22.1 Å². The Labute approximate surface area is 116 Å². The fourth-order valence-corrected chi connectivity index (χ4v) is 2.02. The summed E-state index contributed by atoms with van der Waals surface area (Å²) in [7, 11) is 1.62. The number of primary amides is 1. The molecule has 2 rings (SSSR count). The summed E-state index contributed by atoms with van der Waals surface area (Å²) in [4.78, 5) is 11.4. The van der Waals surface area contributed by atoms with Crippen LogP contribution in [0, 0.1) is 0 Å². The van der Waals surface area contributed by atoms with E-state index >= 15 is 0 Å². The zero-order valence-electron chi connectivity index (χ0n) is 10.6. The predicted octanol–water partition coefficient (Wildman–Crippen LogP) is 2.55. The lowest BCUT2D eigenvalue weighted by Crippen LogP contribution is -2.17. The van der Waals surface area contributed by atoms with Gasteiger partial charge in [0.1, 0.15) is 5.69 Å². The van der Waals surface area contributed by atoms with Crippen molar-refractivity contribution in [3.63, 3.8) is 0 Å². The summed E-state index contributed by atoms with van der Waals surface area (Å²) in [5.74, 6) is -0.448. The largest absolute Gasteiger partial charge is 0.383 e. The number of rotatable bonds is 5. The molecule has 1 aromatic heterocycles. The van der Waals surface area contributed by atoms with Crippen LogP contribution < -0.4 is 5.73 Å². The van der Waals surface area contributed by atoms with Crippen molar-refractivity contribution >= 4 is 17.5 Å². The molecule has 0 aliphatic heterocycles. The van der Waals surface area contributed by atoms with Gasteiger partial charge in [0.05, 0.1) is 6.61 Å². The van der Waals surface area contributed by atoms with Gasteiger partial charge in [0.2, 0.25) is 0 Å². The zero-order valence-corrected chi connectivity index (χ0v) is 11.4. The molecule has 1 aromatic carbocycles. The van der Waals surface area contributed by atoms with Crippen LogP contribution >= 0.6 is 11.6 Å². The first-order valence-electron chi connectivity index (χ1n) is 5.86. The fraction of sp³-hybridized carbons (Fsp3) is 0.214. The second kappa shape index (κ2) is 5.91. The summed E-state index contributed by atoms with van der Waals surface area (Å²) >= 11 is 5.86. The van der Waals surface area contributed by atoms with Gasteiger partial charge in [-0.05, 0) is 23.8 Å². The second-order valence-corrected chi connectivity index (χ2v) is 4.61. The lowest BCUT2D eigenvalue weighted by molar-refractivity contribution is 0.0988. The summed E-state index contributed by atoms with van der Waals surface area (Å²) in [6.07, 6.45) is 1.89. The van der Waals surface area contributed by atoms with E-state index in [-0.39, 0.29) is 0 Å². The van der Waals surface area contributed by atoms with Gasteiger partial charge in [-0.1, -0.05) is 23.7 Å². The number of hydrogen-bond acceptors (Lipinski definition) is 2. The molecule has 0 spiro atoms. The van der Waals surface area contributed by atoms with Crippen LogP contribution in [0.15, 0.2) is 36.5 Å². The van der Waals surface area contributed by atoms with Crippen molar-refractivity contribution in [3.8, 4) is 11.1 Å². The molecule has 0 unspecified atom stereocenters. The molecule has 0 saturated heterocycles. The highest BCUT2D eigenvalue weighted by Crippen LogP contribution is 2.24. The molecule has 19 heavy (non-hydrogen) atoms. The van der Waals surface area contributed by atoms with Gasteiger partial charge in [0.15, 0.2) is 0 Å². The van der Waals surface area contributed by atoms with E-state index in [9.17, 15) is 4.79 Å². The normalized spacial score (nSPS) is 10.6. The van der Waals surface area contributed by atoms with Crippen LogP contribution in [0.4, 0.5) is 0 Å². The summed E-state index contributed by atoms with van der Waals surface area (Å²) in [5.41, 5.74) is 7.78. The molecule has 0 radical (unpaired) electrons. The molecule has 0 aliphatic carbocycles. The van der Waals surface area contributed by atoms with Crippen molar-refractivity contribution in [1.82, 2.24) is 4.57 Å². The maximum Gasteiger partial charge on any atom is 0.265 e. The topological polar surface area (TPSA) is 57.2 Å². The number of aromatic nitrogens is 1. The monoisotopic (exact) mass is 278 g/mol. The first-order chi connectivity index (χ1) is 9.11. The SMILES string of the molecule is COCCn1cc(-c2ccc(Cl)cc2)cc1C(N)=O. The molecule has 2 aromatic rings. The second-order valence-electron chi connectivity index (χ2n) is 4.17. The summed E-state index contributed by atoms with van der Waals surface area (Å²) in [6.45, 7) is 1.11. The standard InChI is InChI=1S/C14H15ClN2O2/c1-19-7-6-17-9-11(8-13(17)14(16)18)10-2-4-12(15)5-3-10/h2-5,8-9H,6-7H2,1H3,(H2,16,18). The minimum Gasteiger partial charge on any atom is -0.383 e. The number of hydrogen-bond donors (Lipinski definition) is 1. The lowest BCUT2D eigenvalue weighted by Gasteiger charge is -2.04. The molecular weight excluding hydrogens is 264 g/mol. The van der Waals surface area contributed by atoms with Crippen molar-refractivity contribution in [1.29, 1.82) is 0 Å². The molecule has 0 saturated carbocycles. The molecule has 4 nitrogen and oxygen atoms in total. The highest BCUT2D eigenvalue weighted by atomic mass is 35.5. The highest BCUT2D eigenvalue weighted by molar-refractivity contribution is 6.30. The van der Waals surface area contributed by atoms with Gasteiger partial charge in [-0.3, -0.25) is 4.79 Å². The van der Waals surface area contributed by atoms with Gasteiger partial charge >= 0.3 is 0 Å². The Morgan fingerprint density at radius 3 is 2.58 bits per heavy atom. The first kappa shape index (κ1) is 13.6. The van der Waals surface area contributed by atoms with Gasteiger partial charge in [-0.25, -0.2) is 0 Å². The van der Waals surface area contributed by atoms with Gasteiger partial charge in [-0.2, -0.15) is 0 Å². The number of carbonyl (C=O) groups excluding carboxylic acids is 1. The number of ether oxygens (including phenoxy) is 1. The average Bonchev–Trinajstić information content (AvgIpc) is 2.81. The number of halogens is 1.